The highest BCUT2D eigenvalue weighted by molar-refractivity contribution is 5.84. The van der Waals surface area contributed by atoms with E-state index in [0.29, 0.717) is 45.3 Å². The van der Waals surface area contributed by atoms with Gasteiger partial charge in [-0.2, -0.15) is 0 Å². The van der Waals surface area contributed by atoms with Gasteiger partial charge in [0.05, 0.1) is 17.6 Å². The quantitative estimate of drug-likeness (QED) is 0.139. The Balaban J connectivity index is 4.33. The zero-order valence-electron chi connectivity index (χ0n) is 25.0. The van der Waals surface area contributed by atoms with E-state index in [1.165, 1.54) is 0 Å². The van der Waals surface area contributed by atoms with E-state index in [9.17, 15) is 24.3 Å². The average molecular weight is 543 g/mol. The Morgan fingerprint density at radius 2 is 1.61 bits per heavy atom. The number of carbonyl (C=O) groups is 4. The van der Waals surface area contributed by atoms with E-state index in [1.54, 1.807) is 34.7 Å². The number of hydrogen-bond acceptors (Lipinski definition) is 6. The standard InChI is InChI=1S/C28H54N4O6/c1-9-28(7,32-24(35)26(3,4)19-27(5,6)25(36)37)16-18-38-20(2)13-12-15-22(33)31-17-11-10-14-21(30-8)23(29)34/h20-21,30H,9-19H2,1-8H3,(H2,29,34)(H,31,33)(H,32,35)(H,36,37). The van der Waals surface area contributed by atoms with Crippen LogP contribution in [0.2, 0.25) is 0 Å². The molecule has 38 heavy (non-hydrogen) atoms. The number of carboxylic acids is 1. The van der Waals surface area contributed by atoms with Crippen molar-refractivity contribution in [1.82, 2.24) is 16.0 Å². The van der Waals surface area contributed by atoms with E-state index in [4.69, 9.17) is 10.5 Å². The van der Waals surface area contributed by atoms with Gasteiger partial charge in [-0.3, -0.25) is 19.2 Å². The fourth-order valence-electron chi connectivity index (χ4n) is 4.37. The summed E-state index contributed by atoms with van der Waals surface area (Å²) >= 11 is 0. The van der Waals surface area contributed by atoms with E-state index in [2.05, 4.69) is 16.0 Å². The molecule has 0 aromatic carbocycles. The van der Waals surface area contributed by atoms with Crippen molar-refractivity contribution in [3.05, 3.63) is 0 Å². The molecule has 0 heterocycles. The minimum atomic E-state index is -0.999. The van der Waals surface area contributed by atoms with Crippen LogP contribution in [0, 0.1) is 10.8 Å². The predicted molar refractivity (Wildman–Crippen MR) is 149 cm³/mol. The molecule has 10 nitrogen and oxygen atoms in total. The maximum atomic E-state index is 13.0. The topological polar surface area (TPSA) is 160 Å². The van der Waals surface area contributed by atoms with Crippen LogP contribution >= 0.6 is 0 Å². The van der Waals surface area contributed by atoms with Crippen molar-refractivity contribution in [2.24, 2.45) is 16.6 Å². The van der Waals surface area contributed by atoms with Crippen molar-refractivity contribution in [1.29, 1.82) is 0 Å². The lowest BCUT2D eigenvalue weighted by Gasteiger charge is -2.37. The fraction of sp³-hybridized carbons (Fsp3) is 0.857. The summed E-state index contributed by atoms with van der Waals surface area (Å²) in [6.07, 6.45) is 5.70. The van der Waals surface area contributed by atoms with Crippen molar-refractivity contribution in [2.45, 2.75) is 124 Å². The highest BCUT2D eigenvalue weighted by Gasteiger charge is 2.40. The van der Waals surface area contributed by atoms with E-state index < -0.39 is 22.3 Å². The molecule has 0 saturated carbocycles. The summed E-state index contributed by atoms with van der Waals surface area (Å²) in [6, 6.07) is -0.332. The molecule has 0 spiro atoms. The lowest BCUT2D eigenvalue weighted by molar-refractivity contribution is -0.150. The van der Waals surface area contributed by atoms with Gasteiger partial charge in [0.2, 0.25) is 17.7 Å². The number of primary amides is 1. The zero-order valence-corrected chi connectivity index (χ0v) is 25.0. The van der Waals surface area contributed by atoms with Gasteiger partial charge in [-0.25, -0.2) is 0 Å². The van der Waals surface area contributed by atoms with Crippen molar-refractivity contribution < 1.29 is 29.0 Å². The van der Waals surface area contributed by atoms with Gasteiger partial charge in [0.15, 0.2) is 0 Å². The molecule has 0 aromatic heterocycles. The second-order valence-electron chi connectivity index (χ2n) is 12.0. The van der Waals surface area contributed by atoms with Gasteiger partial charge in [0.1, 0.15) is 0 Å². The molecule has 0 radical (unpaired) electrons. The van der Waals surface area contributed by atoms with E-state index >= 15 is 0 Å². The van der Waals surface area contributed by atoms with Crippen LogP contribution in [0.15, 0.2) is 0 Å². The largest absolute Gasteiger partial charge is 0.481 e. The number of unbranched alkanes of at least 4 members (excludes halogenated alkanes) is 1. The number of likely N-dealkylation sites (N-methyl/N-ethyl adjacent to an activating group) is 1. The molecule has 3 atom stereocenters. The Bertz CT molecular complexity index is 770. The second kappa shape index (κ2) is 16.7. The third-order valence-corrected chi connectivity index (χ3v) is 7.28. The minimum Gasteiger partial charge on any atom is -0.481 e. The zero-order chi connectivity index (χ0) is 29.6. The van der Waals surface area contributed by atoms with Gasteiger partial charge in [-0.15, -0.1) is 0 Å². The summed E-state index contributed by atoms with van der Waals surface area (Å²) in [7, 11) is 1.71. The minimum absolute atomic E-state index is 0.00669. The van der Waals surface area contributed by atoms with E-state index in [0.717, 1.165) is 19.3 Å². The highest BCUT2D eigenvalue weighted by Crippen LogP contribution is 2.35. The Kier molecular flexibility index (Phi) is 15.7. The molecule has 10 heteroatoms. The van der Waals surface area contributed by atoms with Crippen LogP contribution in [-0.4, -0.2) is 66.7 Å². The molecule has 0 rings (SSSR count). The Hall–Kier alpha value is -2.20. The maximum absolute atomic E-state index is 13.0. The van der Waals surface area contributed by atoms with Crippen LogP contribution in [-0.2, 0) is 23.9 Å². The molecule has 0 aromatic rings. The number of amides is 3. The smallest absolute Gasteiger partial charge is 0.309 e. The number of hydrogen-bond donors (Lipinski definition) is 5. The summed E-state index contributed by atoms with van der Waals surface area (Å²) in [5, 5.41) is 18.4. The van der Waals surface area contributed by atoms with Crippen molar-refractivity contribution >= 4 is 23.7 Å². The summed E-state index contributed by atoms with van der Waals surface area (Å²) in [5.74, 6) is -1.44. The molecule has 222 valence electrons. The fourth-order valence-corrected chi connectivity index (χ4v) is 4.37. The van der Waals surface area contributed by atoms with Gasteiger partial charge in [0.25, 0.3) is 0 Å². The van der Waals surface area contributed by atoms with Crippen LogP contribution in [0.1, 0.15) is 106 Å². The summed E-state index contributed by atoms with van der Waals surface area (Å²) in [4.78, 5) is 47.8. The van der Waals surface area contributed by atoms with Gasteiger partial charge in [-0.1, -0.05) is 20.8 Å². The van der Waals surface area contributed by atoms with Gasteiger partial charge in [-0.05, 0) is 86.1 Å². The van der Waals surface area contributed by atoms with Gasteiger partial charge in [0, 0.05) is 30.5 Å². The van der Waals surface area contributed by atoms with Crippen LogP contribution < -0.4 is 21.7 Å². The number of carbonyl (C=O) groups excluding carboxylic acids is 3. The van der Waals surface area contributed by atoms with Gasteiger partial charge >= 0.3 is 5.97 Å². The molecule has 0 aliphatic heterocycles. The molecule has 6 N–H and O–H groups in total. The summed E-state index contributed by atoms with van der Waals surface area (Å²) < 4.78 is 5.96. The Morgan fingerprint density at radius 1 is 0.974 bits per heavy atom. The van der Waals surface area contributed by atoms with E-state index in [1.807, 2.05) is 20.8 Å². The first-order chi connectivity index (χ1) is 17.5. The van der Waals surface area contributed by atoms with Gasteiger partial charge < -0.3 is 31.5 Å². The number of nitrogens with one attached hydrogen (secondary N) is 3. The van der Waals surface area contributed by atoms with Crippen LogP contribution in [0.25, 0.3) is 0 Å². The molecular formula is C28H54N4O6. The molecule has 3 amide bonds. The summed E-state index contributed by atoms with van der Waals surface area (Å²) in [5.41, 5.74) is 3.00. The Labute approximate surface area is 229 Å². The van der Waals surface area contributed by atoms with E-state index in [-0.39, 0.29) is 36.3 Å². The van der Waals surface area contributed by atoms with Crippen molar-refractivity contribution in [3.8, 4) is 0 Å². The molecule has 0 saturated heterocycles. The first-order valence-electron chi connectivity index (χ1n) is 13.9. The third-order valence-electron chi connectivity index (χ3n) is 7.28. The lowest BCUT2D eigenvalue weighted by Crippen LogP contribution is -2.52. The number of nitrogens with two attached hydrogens (primary N) is 1. The first-order valence-corrected chi connectivity index (χ1v) is 13.9. The van der Waals surface area contributed by atoms with Crippen molar-refractivity contribution in [2.75, 3.05) is 20.2 Å². The monoisotopic (exact) mass is 542 g/mol. The first kappa shape index (κ1) is 35.8. The average Bonchev–Trinajstić information content (AvgIpc) is 2.80. The number of aliphatic carboxylic acids is 1. The molecule has 0 bridgehead atoms. The molecule has 0 aliphatic rings. The molecular weight excluding hydrogens is 488 g/mol. The number of rotatable bonds is 21. The summed E-state index contributed by atoms with van der Waals surface area (Å²) in [6.45, 7) is 13.8. The normalized spacial score (nSPS) is 15.3. The maximum Gasteiger partial charge on any atom is 0.309 e. The molecule has 0 aliphatic carbocycles. The third kappa shape index (κ3) is 14.1. The molecule has 0 fully saturated rings. The van der Waals surface area contributed by atoms with Crippen molar-refractivity contribution in [3.63, 3.8) is 0 Å². The second-order valence-corrected chi connectivity index (χ2v) is 12.0. The highest BCUT2D eigenvalue weighted by atomic mass is 16.5. The predicted octanol–water partition coefficient (Wildman–Crippen LogP) is 3.12. The molecule has 3 unspecified atom stereocenters. The van der Waals surface area contributed by atoms with Crippen LogP contribution in [0.5, 0.6) is 0 Å². The SMILES string of the molecule is CCC(C)(CCOC(C)CCCC(=O)NCCCCC(NC)C(N)=O)NC(=O)C(C)(C)CC(C)(C)C(=O)O. The number of carboxylic acid groups (broad SMARTS) is 1. The van der Waals surface area contributed by atoms with Crippen LogP contribution in [0.3, 0.4) is 0 Å². The lowest BCUT2D eigenvalue weighted by atomic mass is 9.74. The number of ether oxygens (including phenoxy) is 1. The van der Waals surface area contributed by atoms with Crippen LogP contribution in [0.4, 0.5) is 0 Å². The Morgan fingerprint density at radius 3 is 2.13 bits per heavy atom.